The molecule has 0 aliphatic heterocycles. The minimum absolute atomic E-state index is 0.115. The van der Waals surface area contributed by atoms with Crippen molar-refractivity contribution < 1.29 is 27.1 Å². The number of anilines is 1. The van der Waals surface area contributed by atoms with E-state index in [1.54, 1.807) is 16.8 Å². The minimum atomic E-state index is -4.37. The van der Waals surface area contributed by atoms with Crippen LogP contribution in [0, 0.1) is 12.7 Å². The van der Waals surface area contributed by atoms with Crippen LogP contribution in [-0.2, 0) is 13.0 Å². The quantitative estimate of drug-likeness (QED) is 0.123. The standard InChI is InChI=1S/C38H37F4N5O2/c1-4-8-26-18-29(37(48)45-28-12-13-28)23(2)17-31(26)34-21-44-36-33(43-16-15-38(40,41)42)20-32(46-47(34)36)24(3)30-19-27(39)11-14-35(30)49-22-25-9-6-5-7-10-25/h5-7,9-11,14,17-21,28,43H,3-4,8,12-13,15-16,22H2,1-2H3,(H,45,48). The summed E-state index contributed by atoms with van der Waals surface area (Å²) in [6, 6.07) is 19.2. The number of alkyl halides is 3. The maximum atomic E-state index is 14.7. The predicted molar refractivity (Wildman–Crippen MR) is 182 cm³/mol. The fourth-order valence-corrected chi connectivity index (χ4v) is 5.71. The van der Waals surface area contributed by atoms with Crippen LogP contribution in [0.3, 0.4) is 0 Å². The van der Waals surface area contributed by atoms with E-state index in [-0.39, 0.29) is 24.2 Å². The van der Waals surface area contributed by atoms with Gasteiger partial charge in [0.15, 0.2) is 5.65 Å². The summed E-state index contributed by atoms with van der Waals surface area (Å²) in [4.78, 5) is 17.6. The lowest BCUT2D eigenvalue weighted by atomic mass is 9.94. The topological polar surface area (TPSA) is 80.6 Å². The first kappa shape index (κ1) is 33.7. The molecule has 1 amide bonds. The molecule has 1 aliphatic carbocycles. The molecule has 0 unspecified atom stereocenters. The van der Waals surface area contributed by atoms with Crippen LogP contribution in [0.15, 0.2) is 79.5 Å². The van der Waals surface area contributed by atoms with Gasteiger partial charge in [0.1, 0.15) is 18.2 Å². The number of benzene rings is 3. The van der Waals surface area contributed by atoms with Gasteiger partial charge in [-0.25, -0.2) is 13.9 Å². The van der Waals surface area contributed by atoms with Crippen molar-refractivity contribution in [1.82, 2.24) is 19.9 Å². The second kappa shape index (κ2) is 14.1. The first-order chi connectivity index (χ1) is 23.5. The molecule has 0 saturated heterocycles. The monoisotopic (exact) mass is 671 g/mol. The van der Waals surface area contributed by atoms with Crippen molar-refractivity contribution in [2.24, 2.45) is 0 Å². The van der Waals surface area contributed by atoms with Crippen molar-refractivity contribution in [3.05, 3.63) is 119 Å². The van der Waals surface area contributed by atoms with E-state index in [1.165, 1.54) is 18.2 Å². The van der Waals surface area contributed by atoms with E-state index in [0.29, 0.717) is 45.9 Å². The molecule has 1 aliphatic rings. The van der Waals surface area contributed by atoms with Crippen LogP contribution in [0.25, 0.3) is 22.5 Å². The van der Waals surface area contributed by atoms with Crippen molar-refractivity contribution >= 4 is 22.8 Å². The summed E-state index contributed by atoms with van der Waals surface area (Å²) in [5.74, 6) is -0.257. The second-order valence-corrected chi connectivity index (χ2v) is 12.3. The Morgan fingerprint density at radius 1 is 1.06 bits per heavy atom. The Morgan fingerprint density at radius 2 is 1.84 bits per heavy atom. The van der Waals surface area contributed by atoms with Gasteiger partial charge in [-0.05, 0) is 79.3 Å². The summed E-state index contributed by atoms with van der Waals surface area (Å²) in [5, 5.41) is 10.8. The Hall–Kier alpha value is -5.19. The fourth-order valence-electron chi connectivity index (χ4n) is 5.71. The van der Waals surface area contributed by atoms with Gasteiger partial charge in [-0.15, -0.1) is 0 Å². The number of imidazole rings is 1. The highest BCUT2D eigenvalue weighted by Crippen LogP contribution is 2.35. The van der Waals surface area contributed by atoms with Crippen LogP contribution in [0.5, 0.6) is 5.75 Å². The lowest BCUT2D eigenvalue weighted by Gasteiger charge is -2.17. The average molecular weight is 672 g/mol. The van der Waals surface area contributed by atoms with Gasteiger partial charge >= 0.3 is 6.18 Å². The first-order valence-electron chi connectivity index (χ1n) is 16.3. The Morgan fingerprint density at radius 3 is 2.55 bits per heavy atom. The zero-order chi connectivity index (χ0) is 34.7. The molecule has 2 heterocycles. The number of carbonyl (C=O) groups is 1. The second-order valence-electron chi connectivity index (χ2n) is 12.3. The van der Waals surface area contributed by atoms with E-state index in [1.807, 2.05) is 56.3 Å². The summed E-state index contributed by atoms with van der Waals surface area (Å²) in [6.07, 6.45) is -0.378. The number of aromatic nitrogens is 3. The molecule has 1 fully saturated rings. The predicted octanol–water partition coefficient (Wildman–Crippen LogP) is 8.69. The van der Waals surface area contributed by atoms with E-state index < -0.39 is 25.0 Å². The molecule has 0 radical (unpaired) electrons. The molecule has 2 aromatic heterocycles. The number of hydrogen-bond donors (Lipinski definition) is 2. The summed E-state index contributed by atoms with van der Waals surface area (Å²) >= 11 is 0. The Labute approximate surface area is 282 Å². The Bertz CT molecular complexity index is 2000. The smallest absolute Gasteiger partial charge is 0.390 e. The molecule has 3 aromatic carbocycles. The molecule has 11 heteroatoms. The van der Waals surface area contributed by atoms with Gasteiger partial charge < -0.3 is 15.4 Å². The van der Waals surface area contributed by atoms with Crippen molar-refractivity contribution in [2.45, 2.75) is 64.8 Å². The molecular weight excluding hydrogens is 634 g/mol. The lowest BCUT2D eigenvalue weighted by molar-refractivity contribution is -0.131. The Balaban J connectivity index is 1.44. The maximum Gasteiger partial charge on any atom is 0.390 e. The number of nitrogens with zero attached hydrogens (tertiary/aromatic N) is 3. The summed E-state index contributed by atoms with van der Waals surface area (Å²) in [7, 11) is 0. The number of halogens is 4. The van der Waals surface area contributed by atoms with Crippen molar-refractivity contribution in [1.29, 1.82) is 0 Å². The van der Waals surface area contributed by atoms with E-state index in [0.717, 1.165) is 41.5 Å². The van der Waals surface area contributed by atoms with Gasteiger partial charge in [0.05, 0.1) is 29.7 Å². The van der Waals surface area contributed by atoms with Gasteiger partial charge in [-0.3, -0.25) is 4.79 Å². The zero-order valence-corrected chi connectivity index (χ0v) is 27.3. The molecule has 49 heavy (non-hydrogen) atoms. The third-order valence-corrected chi connectivity index (χ3v) is 8.41. The minimum Gasteiger partial charge on any atom is -0.488 e. The van der Waals surface area contributed by atoms with Crippen LogP contribution >= 0.6 is 0 Å². The van der Waals surface area contributed by atoms with Gasteiger partial charge in [0, 0.05) is 34.9 Å². The molecule has 1 saturated carbocycles. The molecule has 254 valence electrons. The van der Waals surface area contributed by atoms with E-state index in [4.69, 9.17) is 9.84 Å². The summed E-state index contributed by atoms with van der Waals surface area (Å²) in [6.45, 7) is 7.98. The number of amides is 1. The number of carbonyl (C=O) groups excluding carboxylic acids is 1. The van der Waals surface area contributed by atoms with Crippen LogP contribution in [-0.4, -0.2) is 39.3 Å². The van der Waals surface area contributed by atoms with Crippen LogP contribution in [0.1, 0.15) is 70.9 Å². The van der Waals surface area contributed by atoms with Gasteiger partial charge in [-0.2, -0.15) is 18.3 Å². The van der Waals surface area contributed by atoms with E-state index >= 15 is 0 Å². The van der Waals surface area contributed by atoms with Crippen LogP contribution < -0.4 is 15.4 Å². The number of ether oxygens (including phenoxy) is 1. The molecule has 0 atom stereocenters. The molecule has 6 rings (SSSR count). The number of aryl methyl sites for hydroxylation is 2. The molecule has 7 nitrogen and oxygen atoms in total. The summed E-state index contributed by atoms with van der Waals surface area (Å²) < 4.78 is 61.8. The van der Waals surface area contributed by atoms with Gasteiger partial charge in [0.2, 0.25) is 0 Å². The highest BCUT2D eigenvalue weighted by Gasteiger charge is 2.28. The maximum absolute atomic E-state index is 14.7. The first-order valence-corrected chi connectivity index (χ1v) is 16.3. The highest BCUT2D eigenvalue weighted by molar-refractivity contribution is 5.97. The van der Waals surface area contributed by atoms with Crippen LogP contribution in [0.2, 0.25) is 0 Å². The van der Waals surface area contributed by atoms with Gasteiger partial charge in [0.25, 0.3) is 5.91 Å². The number of rotatable bonds is 13. The lowest BCUT2D eigenvalue weighted by Crippen LogP contribution is -2.26. The van der Waals surface area contributed by atoms with E-state index in [2.05, 4.69) is 22.2 Å². The number of hydrogen-bond acceptors (Lipinski definition) is 5. The normalized spacial score (nSPS) is 13.0. The SMILES string of the molecule is C=C(c1cc(NCCC(F)(F)F)c2ncc(-c3cc(C)c(C(=O)NC4CC4)cc3CCC)n2n1)c1cc(F)ccc1OCc1ccccc1. The van der Waals surface area contributed by atoms with Crippen LogP contribution in [0.4, 0.5) is 23.2 Å². The number of fused-ring (bicyclic) bond motifs is 1. The Kier molecular flexibility index (Phi) is 9.71. The van der Waals surface area contributed by atoms with E-state index in [9.17, 15) is 22.4 Å². The summed E-state index contributed by atoms with van der Waals surface area (Å²) in [5.41, 5.74) is 6.12. The molecule has 2 N–H and O–H groups in total. The zero-order valence-electron chi connectivity index (χ0n) is 27.3. The van der Waals surface area contributed by atoms with Crippen molar-refractivity contribution in [3.63, 3.8) is 0 Å². The molecule has 5 aromatic rings. The largest absolute Gasteiger partial charge is 0.488 e. The van der Waals surface area contributed by atoms with Gasteiger partial charge in [-0.1, -0.05) is 50.3 Å². The van der Waals surface area contributed by atoms with Crippen molar-refractivity contribution in [2.75, 3.05) is 11.9 Å². The highest BCUT2D eigenvalue weighted by atomic mass is 19.4. The number of nitrogens with one attached hydrogen (secondary N) is 2. The average Bonchev–Trinajstić information content (AvgIpc) is 3.79. The third kappa shape index (κ3) is 7.93. The molecule has 0 bridgehead atoms. The molecule has 0 spiro atoms. The van der Waals surface area contributed by atoms with Crippen molar-refractivity contribution in [3.8, 4) is 17.0 Å². The fraction of sp³-hybridized carbons (Fsp3) is 0.289. The third-order valence-electron chi connectivity index (χ3n) is 8.41. The molecular formula is C38H37F4N5O2.